The lowest BCUT2D eigenvalue weighted by Gasteiger charge is -2.24. The Bertz CT molecular complexity index is 1510. The molecule has 262 valence electrons. The molecule has 4 amide bonds. The highest BCUT2D eigenvalue weighted by molar-refractivity contribution is 5.92. The lowest BCUT2D eigenvalue weighted by molar-refractivity contribution is -0.145. The summed E-state index contributed by atoms with van der Waals surface area (Å²) in [6.07, 6.45) is -0.136. The van der Waals surface area contributed by atoms with Crippen molar-refractivity contribution >= 4 is 35.6 Å². The first-order valence-corrected chi connectivity index (χ1v) is 15.2. The molecule has 0 radical (unpaired) electrons. The number of carbonyl (C=O) groups excluding carboxylic acids is 6. The van der Waals surface area contributed by atoms with Crippen molar-refractivity contribution in [2.75, 3.05) is 14.2 Å². The lowest BCUT2D eigenvalue weighted by atomic mass is 9.94. The summed E-state index contributed by atoms with van der Waals surface area (Å²) in [5.41, 5.74) is 7.28. The van der Waals surface area contributed by atoms with Crippen molar-refractivity contribution in [2.24, 2.45) is 11.7 Å². The molecule has 0 bridgehead atoms. The number of rotatable bonds is 15. The van der Waals surface area contributed by atoms with Gasteiger partial charge in [0.1, 0.15) is 35.7 Å². The first-order valence-electron chi connectivity index (χ1n) is 15.2. The van der Waals surface area contributed by atoms with Gasteiger partial charge in [0.25, 0.3) is 0 Å². The third-order valence-electron chi connectivity index (χ3n) is 7.47. The minimum Gasteiger partial charge on any atom is -0.507 e. The predicted molar refractivity (Wildman–Crippen MR) is 174 cm³/mol. The number of benzene rings is 2. The van der Waals surface area contributed by atoms with Crippen molar-refractivity contribution in [1.82, 2.24) is 21.3 Å². The molecule has 15 nitrogen and oxygen atoms in total. The smallest absolute Gasteiger partial charge is 0.328 e. The Kier molecular flexibility index (Phi) is 14.3. The fourth-order valence-corrected chi connectivity index (χ4v) is 4.66. The summed E-state index contributed by atoms with van der Waals surface area (Å²) in [6, 6.07) is 3.61. The topological polar surface area (TPSA) is 235 Å². The number of nitrogens with two attached hydrogens (primary N) is 1. The van der Waals surface area contributed by atoms with Crippen LogP contribution in [0.1, 0.15) is 45.7 Å². The van der Waals surface area contributed by atoms with Gasteiger partial charge in [-0.15, -0.1) is 0 Å². The average Bonchev–Trinajstić information content (AvgIpc) is 3.03. The van der Waals surface area contributed by atoms with E-state index in [2.05, 4.69) is 30.7 Å². The van der Waals surface area contributed by atoms with E-state index in [0.717, 1.165) is 0 Å². The molecule has 0 saturated heterocycles. The van der Waals surface area contributed by atoms with E-state index in [1.807, 2.05) is 0 Å². The summed E-state index contributed by atoms with van der Waals surface area (Å²) in [5, 5.41) is 31.8. The number of aromatic hydroxyl groups is 2. The molecule has 48 heavy (non-hydrogen) atoms. The van der Waals surface area contributed by atoms with E-state index >= 15 is 0 Å². The monoisotopic (exact) mass is 671 g/mol. The highest BCUT2D eigenvalue weighted by Gasteiger charge is 2.29. The van der Waals surface area contributed by atoms with Crippen LogP contribution in [-0.2, 0) is 51.1 Å². The van der Waals surface area contributed by atoms with Crippen molar-refractivity contribution in [3.05, 3.63) is 47.5 Å². The van der Waals surface area contributed by atoms with Gasteiger partial charge in [0.15, 0.2) is 0 Å². The van der Waals surface area contributed by atoms with Gasteiger partial charge in [-0.3, -0.25) is 19.2 Å². The molecule has 15 heteroatoms. The Balaban J connectivity index is 2.45. The minimum atomic E-state index is -1.18. The van der Waals surface area contributed by atoms with Crippen LogP contribution >= 0.6 is 0 Å². The van der Waals surface area contributed by atoms with Crippen molar-refractivity contribution in [3.8, 4) is 22.6 Å². The Hall–Kier alpha value is -5.18. The van der Waals surface area contributed by atoms with E-state index in [9.17, 15) is 39.0 Å². The zero-order valence-electron chi connectivity index (χ0n) is 28.1. The molecule has 8 N–H and O–H groups in total. The molecule has 0 heterocycles. The van der Waals surface area contributed by atoms with Crippen molar-refractivity contribution in [3.63, 3.8) is 0 Å². The molecule has 0 spiro atoms. The third kappa shape index (κ3) is 11.0. The van der Waals surface area contributed by atoms with Crippen LogP contribution in [0.3, 0.4) is 0 Å². The van der Waals surface area contributed by atoms with E-state index in [-0.39, 0.29) is 41.4 Å². The molecular weight excluding hydrogens is 626 g/mol. The molecule has 5 atom stereocenters. The molecule has 2 aromatic carbocycles. The SMILES string of the molecule is COC(=O)C(C)NC(=O)[C@@H](Cc1ccc(O)c(-c2cc(C[C@H](NC(C)=O)C(=O)N[C@@H](C)C(=O)OC)ccc2O)c1)NC(=O)[C@H](N)C(C)C. The summed E-state index contributed by atoms with van der Waals surface area (Å²) in [7, 11) is 2.35. The van der Waals surface area contributed by atoms with Crippen LogP contribution in [0.25, 0.3) is 11.1 Å². The van der Waals surface area contributed by atoms with Gasteiger partial charge in [-0.05, 0) is 55.2 Å². The molecular formula is C33H45N5O10. The van der Waals surface area contributed by atoms with Gasteiger partial charge in [0.2, 0.25) is 23.6 Å². The number of hydrogen-bond acceptors (Lipinski definition) is 11. The Morgan fingerprint density at radius 1 is 0.667 bits per heavy atom. The number of carbonyl (C=O) groups is 6. The van der Waals surface area contributed by atoms with Crippen LogP contribution < -0.4 is 27.0 Å². The van der Waals surface area contributed by atoms with Crippen molar-refractivity contribution < 1.29 is 48.5 Å². The molecule has 0 fully saturated rings. The second-order valence-corrected chi connectivity index (χ2v) is 11.7. The maximum absolute atomic E-state index is 13.2. The van der Waals surface area contributed by atoms with E-state index in [1.165, 1.54) is 71.4 Å². The van der Waals surface area contributed by atoms with E-state index in [4.69, 9.17) is 5.73 Å². The van der Waals surface area contributed by atoms with Crippen LogP contribution in [0.4, 0.5) is 0 Å². The number of phenols is 2. The average molecular weight is 672 g/mol. The Morgan fingerprint density at radius 2 is 1.06 bits per heavy atom. The zero-order chi connectivity index (χ0) is 36.3. The normalized spacial score (nSPS) is 14.0. The summed E-state index contributed by atoms with van der Waals surface area (Å²) >= 11 is 0. The van der Waals surface area contributed by atoms with Gasteiger partial charge in [0, 0.05) is 30.9 Å². The number of amides is 4. The van der Waals surface area contributed by atoms with Gasteiger partial charge in [-0.25, -0.2) is 9.59 Å². The van der Waals surface area contributed by atoms with Gasteiger partial charge in [-0.1, -0.05) is 26.0 Å². The summed E-state index contributed by atoms with van der Waals surface area (Å²) < 4.78 is 9.31. The second-order valence-electron chi connectivity index (χ2n) is 11.7. The summed E-state index contributed by atoms with van der Waals surface area (Å²) in [4.78, 5) is 74.7. The van der Waals surface area contributed by atoms with Crippen molar-refractivity contribution in [1.29, 1.82) is 0 Å². The zero-order valence-corrected chi connectivity index (χ0v) is 28.1. The Labute approximate surface area is 278 Å². The van der Waals surface area contributed by atoms with Crippen LogP contribution in [0, 0.1) is 5.92 Å². The molecule has 0 aliphatic rings. The number of ether oxygens (including phenoxy) is 2. The van der Waals surface area contributed by atoms with E-state index < -0.39 is 65.8 Å². The lowest BCUT2D eigenvalue weighted by Crippen LogP contribution is -2.55. The van der Waals surface area contributed by atoms with Gasteiger partial charge in [-0.2, -0.15) is 0 Å². The first kappa shape index (κ1) is 39.0. The second kappa shape index (κ2) is 17.7. The highest BCUT2D eigenvalue weighted by atomic mass is 16.5. The quantitative estimate of drug-likeness (QED) is 0.126. The van der Waals surface area contributed by atoms with E-state index in [0.29, 0.717) is 11.1 Å². The van der Waals surface area contributed by atoms with Gasteiger partial charge in [0.05, 0.1) is 20.3 Å². The predicted octanol–water partition coefficient (Wildman–Crippen LogP) is 0.178. The minimum absolute atomic E-state index is 0.0458. The molecule has 2 aromatic rings. The maximum atomic E-state index is 13.2. The fourth-order valence-electron chi connectivity index (χ4n) is 4.66. The maximum Gasteiger partial charge on any atom is 0.328 e. The van der Waals surface area contributed by atoms with Crippen LogP contribution in [0.5, 0.6) is 11.5 Å². The molecule has 0 aromatic heterocycles. The molecule has 0 aliphatic carbocycles. The molecule has 1 unspecified atom stereocenters. The van der Waals surface area contributed by atoms with Crippen LogP contribution in [-0.4, -0.2) is 90.2 Å². The first-order chi connectivity index (χ1) is 22.5. The highest BCUT2D eigenvalue weighted by Crippen LogP contribution is 2.37. The van der Waals surface area contributed by atoms with Gasteiger partial charge >= 0.3 is 11.9 Å². The fraction of sp³-hybridized carbons (Fsp3) is 0.455. The molecule has 0 saturated carbocycles. The third-order valence-corrected chi connectivity index (χ3v) is 7.47. The largest absolute Gasteiger partial charge is 0.507 e. The number of nitrogens with one attached hydrogen (secondary N) is 4. The number of phenolic OH excluding ortho intramolecular Hbond substituents is 2. The summed E-state index contributed by atoms with van der Waals surface area (Å²) in [5.74, 6) is -4.44. The molecule has 0 aliphatic heterocycles. The summed E-state index contributed by atoms with van der Waals surface area (Å²) in [6.45, 7) is 7.59. The number of hydrogen-bond donors (Lipinski definition) is 7. The number of esters is 2. The van der Waals surface area contributed by atoms with Gasteiger partial charge < -0.3 is 46.7 Å². The van der Waals surface area contributed by atoms with Crippen LogP contribution in [0.15, 0.2) is 36.4 Å². The van der Waals surface area contributed by atoms with Crippen LogP contribution in [0.2, 0.25) is 0 Å². The molecule has 2 rings (SSSR count). The Morgan fingerprint density at radius 3 is 1.42 bits per heavy atom. The van der Waals surface area contributed by atoms with E-state index in [1.54, 1.807) is 13.8 Å². The van der Waals surface area contributed by atoms with Crippen molar-refractivity contribution in [2.45, 2.75) is 77.7 Å². The number of methoxy groups -OCH3 is 2. The standard InChI is InChI=1S/C33H45N5O10/c1-16(2)28(34)31(44)38-25(30(43)36-18(4)33(46)48-7)15-21-9-11-27(41)23(13-21)22-12-20(8-10-26(22)40)14-24(37-19(5)39)29(42)35-17(3)32(45)47-6/h8-13,16-18,24-25,28,40-41H,14-15,34H2,1-7H3,(H,35,42)(H,36,43)(H,37,39)(H,38,44)/t17-,18?,24-,25+,28+/m0/s1.